The molecule has 1 unspecified atom stereocenters. The van der Waals surface area contributed by atoms with Crippen LogP contribution in [-0.2, 0) is 73.1 Å². The highest BCUT2D eigenvalue weighted by molar-refractivity contribution is 7.90. The van der Waals surface area contributed by atoms with Crippen molar-refractivity contribution in [3.8, 4) is 0 Å². The van der Waals surface area contributed by atoms with Crippen LogP contribution in [0.4, 0.5) is 5.69 Å². The number of carbonyl (C=O) groups excluding carboxylic acids is 5. The summed E-state index contributed by atoms with van der Waals surface area (Å²) in [6.45, 7) is 1.75. The second kappa shape index (κ2) is 16.9. The van der Waals surface area contributed by atoms with Gasteiger partial charge in [0.05, 0.1) is 27.7 Å². The lowest BCUT2D eigenvalue weighted by Crippen LogP contribution is -2.58. The summed E-state index contributed by atoms with van der Waals surface area (Å²) in [4.78, 5) is 80.3. The van der Waals surface area contributed by atoms with Gasteiger partial charge in [-0.25, -0.2) is 13.2 Å². The number of anilines is 1. The maximum Gasteiger partial charge on any atom is 0.329 e. The summed E-state index contributed by atoms with van der Waals surface area (Å²) in [7, 11) is -1.66. The SMILES string of the molecule is C[C@@H](C(=O)NCc1ccc(S(C)(=O)=O)cc1)N(C=O)[C@@H]1Cc2cc(CCCCCCc3ccc4c(c3)n(C)c(=O)n4C3CCC(=O)NC3=O)cc3c2N1C(=O)[C@@H](N)CC3. The molecule has 0 radical (unpaired) electrons. The van der Waals surface area contributed by atoms with E-state index in [1.807, 2.05) is 18.2 Å². The quantitative estimate of drug-likeness (QED) is 0.0916. The van der Waals surface area contributed by atoms with E-state index >= 15 is 0 Å². The van der Waals surface area contributed by atoms with Crippen LogP contribution in [0, 0.1) is 0 Å². The van der Waals surface area contributed by atoms with Crippen LogP contribution in [0.25, 0.3) is 11.0 Å². The van der Waals surface area contributed by atoms with Gasteiger partial charge in [0.25, 0.3) is 0 Å². The molecule has 7 rings (SSSR count). The summed E-state index contributed by atoms with van der Waals surface area (Å²) < 4.78 is 26.7. The minimum atomic E-state index is -3.35. The number of imide groups is 1. The molecule has 5 amide bonds. The number of hydrogen-bond donors (Lipinski definition) is 3. The number of carbonyl (C=O) groups is 5. The summed E-state index contributed by atoms with van der Waals surface area (Å²) in [6, 6.07) is 14.0. The van der Waals surface area contributed by atoms with Crippen molar-refractivity contribution in [3.05, 3.63) is 92.9 Å². The van der Waals surface area contributed by atoms with Gasteiger partial charge >= 0.3 is 5.69 Å². The van der Waals surface area contributed by atoms with Crippen molar-refractivity contribution in [2.45, 2.75) is 113 Å². The van der Waals surface area contributed by atoms with Gasteiger partial charge in [0.1, 0.15) is 18.2 Å². The first kappa shape index (κ1) is 41.5. The molecule has 4 N–H and O–H groups in total. The van der Waals surface area contributed by atoms with Gasteiger partial charge in [-0.2, -0.15) is 0 Å². The number of sulfone groups is 1. The van der Waals surface area contributed by atoms with Crippen molar-refractivity contribution in [3.63, 3.8) is 0 Å². The highest BCUT2D eigenvalue weighted by Crippen LogP contribution is 2.41. The Hall–Kier alpha value is -5.61. The molecule has 1 fully saturated rings. The second-order valence-corrected chi connectivity index (χ2v) is 18.1. The fraction of sp³-hybridized carbons (Fsp3) is 0.442. The number of aromatic nitrogens is 2. The largest absolute Gasteiger partial charge is 0.350 e. The van der Waals surface area contributed by atoms with Gasteiger partial charge in [-0.1, -0.05) is 43.2 Å². The lowest BCUT2D eigenvalue weighted by atomic mass is 9.96. The van der Waals surface area contributed by atoms with E-state index in [1.165, 1.54) is 21.6 Å². The van der Waals surface area contributed by atoms with Crippen molar-refractivity contribution in [2.75, 3.05) is 11.2 Å². The zero-order chi connectivity index (χ0) is 42.2. The number of fused-ring (bicyclic) bond motifs is 1. The second-order valence-electron chi connectivity index (χ2n) is 16.1. The molecule has 3 aromatic carbocycles. The number of nitrogens with two attached hydrogens (primary N) is 1. The molecule has 4 heterocycles. The number of imidazole rings is 1. The molecule has 3 aliphatic heterocycles. The van der Waals surface area contributed by atoms with Crippen LogP contribution in [0.2, 0.25) is 0 Å². The van der Waals surface area contributed by atoms with Gasteiger partial charge in [-0.3, -0.25) is 43.3 Å². The predicted octanol–water partition coefficient (Wildman–Crippen LogP) is 2.72. The summed E-state index contributed by atoms with van der Waals surface area (Å²) >= 11 is 0. The minimum Gasteiger partial charge on any atom is -0.350 e. The van der Waals surface area contributed by atoms with E-state index in [4.69, 9.17) is 5.73 Å². The predicted molar refractivity (Wildman–Crippen MR) is 221 cm³/mol. The van der Waals surface area contributed by atoms with Gasteiger partial charge < -0.3 is 16.0 Å². The molecule has 1 saturated heterocycles. The zero-order valence-corrected chi connectivity index (χ0v) is 34.4. The van der Waals surface area contributed by atoms with Crippen LogP contribution < -0.4 is 27.0 Å². The number of amides is 5. The van der Waals surface area contributed by atoms with Crippen molar-refractivity contribution < 1.29 is 32.4 Å². The molecule has 4 aromatic rings. The van der Waals surface area contributed by atoms with Gasteiger partial charge in [-0.15, -0.1) is 0 Å². The smallest absolute Gasteiger partial charge is 0.329 e. The van der Waals surface area contributed by atoms with Crippen LogP contribution in [0.1, 0.15) is 85.7 Å². The van der Waals surface area contributed by atoms with Crippen LogP contribution in [0.5, 0.6) is 0 Å². The Bertz CT molecular complexity index is 2490. The third-order valence-electron chi connectivity index (χ3n) is 12.0. The minimum absolute atomic E-state index is 0.132. The number of unbranched alkanes of at least 4 members (excludes halogenated alkanes) is 3. The summed E-state index contributed by atoms with van der Waals surface area (Å²) in [5.74, 6) is -1.47. The molecule has 15 nitrogen and oxygen atoms in total. The van der Waals surface area contributed by atoms with Crippen LogP contribution in [0.3, 0.4) is 0 Å². The number of hydrogen-bond acceptors (Lipinski definition) is 9. The molecular weight excluding hydrogens is 775 g/mol. The number of rotatable bonds is 15. The molecule has 3 aliphatic rings. The van der Waals surface area contributed by atoms with Crippen molar-refractivity contribution in [1.29, 1.82) is 0 Å². The van der Waals surface area contributed by atoms with Gasteiger partial charge in [0, 0.05) is 32.7 Å². The van der Waals surface area contributed by atoms with Gasteiger partial charge in [-0.05, 0) is 104 Å². The Labute approximate surface area is 342 Å². The molecule has 0 spiro atoms. The number of piperidine rings is 1. The summed E-state index contributed by atoms with van der Waals surface area (Å²) in [5, 5.41) is 5.18. The summed E-state index contributed by atoms with van der Waals surface area (Å²) in [5.41, 5.74) is 13.2. The van der Waals surface area contributed by atoms with E-state index in [0.29, 0.717) is 43.2 Å². The van der Waals surface area contributed by atoms with Crippen LogP contribution in [-0.4, -0.2) is 77.0 Å². The average molecular weight is 826 g/mol. The van der Waals surface area contributed by atoms with E-state index < -0.39 is 45.9 Å². The van der Waals surface area contributed by atoms with E-state index in [0.717, 1.165) is 78.2 Å². The molecule has 0 bridgehead atoms. The van der Waals surface area contributed by atoms with Crippen LogP contribution in [0.15, 0.2) is 64.3 Å². The number of nitrogens with zero attached hydrogens (tertiary/aromatic N) is 4. The molecule has 0 aliphatic carbocycles. The average Bonchev–Trinajstić information content (AvgIpc) is 3.66. The molecule has 1 aromatic heterocycles. The van der Waals surface area contributed by atoms with Gasteiger partial charge in [0.2, 0.25) is 30.0 Å². The van der Waals surface area contributed by atoms with Crippen molar-refractivity contribution in [2.24, 2.45) is 12.8 Å². The monoisotopic (exact) mass is 825 g/mol. The summed E-state index contributed by atoms with van der Waals surface area (Å²) in [6.07, 6.45) is 8.57. The number of nitrogens with one attached hydrogen (secondary N) is 2. The molecule has 312 valence electrons. The molecule has 0 saturated carbocycles. The van der Waals surface area contributed by atoms with E-state index in [2.05, 4.69) is 22.8 Å². The van der Waals surface area contributed by atoms with Gasteiger partial charge in [0.15, 0.2) is 9.84 Å². The topological polar surface area (TPSA) is 203 Å². The van der Waals surface area contributed by atoms with Crippen molar-refractivity contribution in [1.82, 2.24) is 24.7 Å². The molecule has 4 atom stereocenters. The zero-order valence-electron chi connectivity index (χ0n) is 33.6. The number of aryl methyl sites for hydroxylation is 4. The lowest BCUT2D eigenvalue weighted by molar-refractivity contribution is -0.136. The first-order chi connectivity index (χ1) is 28.2. The lowest BCUT2D eigenvalue weighted by Gasteiger charge is -2.36. The molecule has 59 heavy (non-hydrogen) atoms. The van der Waals surface area contributed by atoms with E-state index in [1.54, 1.807) is 35.6 Å². The Morgan fingerprint density at radius 3 is 2.27 bits per heavy atom. The Kier molecular flexibility index (Phi) is 11.9. The molecule has 16 heteroatoms. The van der Waals surface area contributed by atoms with Crippen LogP contribution >= 0.6 is 0 Å². The third kappa shape index (κ3) is 8.46. The normalized spacial score (nSPS) is 19.6. The van der Waals surface area contributed by atoms with Crippen molar-refractivity contribution >= 4 is 56.6 Å². The maximum atomic E-state index is 13.7. The number of benzene rings is 3. The van der Waals surface area contributed by atoms with E-state index in [9.17, 15) is 37.2 Å². The first-order valence-electron chi connectivity index (χ1n) is 20.2. The highest BCUT2D eigenvalue weighted by atomic mass is 32.2. The van der Waals surface area contributed by atoms with E-state index in [-0.39, 0.29) is 35.4 Å². The fourth-order valence-corrected chi connectivity index (χ4v) is 9.36. The molecular formula is C43H51N7O8S. The first-order valence-corrected chi connectivity index (χ1v) is 22.1. The maximum absolute atomic E-state index is 13.7. The Balaban J connectivity index is 0.960. The highest BCUT2D eigenvalue weighted by Gasteiger charge is 2.44. The standard InChI is InChI=1S/C43H51N7O8S/c1-26(40(53)45-24-28-10-14-32(15-11-28)59(3,57)58)48(25-51)38-23-31-21-29(20-30-13-16-33(44)42(55)50(38)39(30)31)9-7-5-4-6-8-27-12-17-34-36(22-27)47(2)43(56)49(34)35-18-19-37(52)46-41(35)54/h10-12,14-15,17,20-22,25-26,33,35,38H,4-9,13,16,18-19,23-24,44H2,1-3H3,(H,45,53)(H,46,52,54)/t26-,33-,35?,38-/m0/s1. The third-order valence-corrected chi connectivity index (χ3v) is 13.1. The Morgan fingerprint density at radius 1 is 0.915 bits per heavy atom. The Morgan fingerprint density at radius 2 is 1.59 bits per heavy atom. The fourth-order valence-electron chi connectivity index (χ4n) is 8.73.